The highest BCUT2D eigenvalue weighted by Crippen LogP contribution is 2.16. The average Bonchev–Trinajstić information content (AvgIpc) is 2.25. The normalized spacial score (nSPS) is 10.6. The van der Waals surface area contributed by atoms with E-state index in [1.54, 1.807) is 12.1 Å². The van der Waals surface area contributed by atoms with E-state index in [2.05, 4.69) is 24.1 Å². The lowest BCUT2D eigenvalue weighted by Crippen LogP contribution is -2.08. The first-order valence-corrected chi connectivity index (χ1v) is 6.02. The van der Waals surface area contributed by atoms with Crippen LogP contribution in [0.5, 0.6) is 0 Å². The van der Waals surface area contributed by atoms with E-state index in [-0.39, 0.29) is 10.7 Å². The highest BCUT2D eigenvalue weighted by molar-refractivity contribution is 6.33. The summed E-state index contributed by atoms with van der Waals surface area (Å²) in [5.41, 5.74) is -0.111. The lowest BCUT2D eigenvalue weighted by atomic mass is 10.1. The third kappa shape index (κ3) is 4.61. The Balaban J connectivity index is 2.54. The highest BCUT2D eigenvalue weighted by atomic mass is 35.5. The van der Waals surface area contributed by atoms with Gasteiger partial charge in [0.05, 0.1) is 5.02 Å². The first-order valence-electron chi connectivity index (χ1n) is 5.64. The van der Waals surface area contributed by atoms with Gasteiger partial charge in [-0.3, -0.25) is 0 Å². The molecule has 5 heteroatoms. The third-order valence-corrected chi connectivity index (χ3v) is 2.62. The zero-order valence-electron chi connectivity index (χ0n) is 10.0. The van der Waals surface area contributed by atoms with Crippen LogP contribution in [0.3, 0.4) is 0 Å². The van der Waals surface area contributed by atoms with Gasteiger partial charge in [-0.1, -0.05) is 25.4 Å². The molecule has 0 aliphatic carbocycles. The van der Waals surface area contributed by atoms with E-state index in [4.69, 9.17) is 16.7 Å². The molecule has 0 spiro atoms. The second kappa shape index (κ2) is 6.45. The van der Waals surface area contributed by atoms with Gasteiger partial charge in [0.15, 0.2) is 5.69 Å². The number of anilines is 1. The van der Waals surface area contributed by atoms with Crippen molar-refractivity contribution < 1.29 is 9.90 Å². The molecular formula is C12H17ClN2O2. The van der Waals surface area contributed by atoms with E-state index in [1.807, 2.05) is 0 Å². The molecule has 0 unspecified atom stereocenters. The molecule has 17 heavy (non-hydrogen) atoms. The zero-order chi connectivity index (χ0) is 12.8. The second-order valence-electron chi connectivity index (χ2n) is 4.29. The molecule has 0 amide bonds. The van der Waals surface area contributed by atoms with Crippen molar-refractivity contribution in [3.05, 3.63) is 22.8 Å². The Morgan fingerprint density at radius 1 is 1.53 bits per heavy atom. The van der Waals surface area contributed by atoms with Crippen molar-refractivity contribution in [1.29, 1.82) is 0 Å². The molecule has 2 N–H and O–H groups in total. The minimum Gasteiger partial charge on any atom is -0.476 e. The summed E-state index contributed by atoms with van der Waals surface area (Å²) in [6.07, 6.45) is 2.16. The van der Waals surface area contributed by atoms with E-state index < -0.39 is 5.97 Å². The Labute approximate surface area is 106 Å². The minimum atomic E-state index is -1.11. The van der Waals surface area contributed by atoms with Crippen LogP contribution in [0.1, 0.15) is 37.2 Å². The van der Waals surface area contributed by atoms with Crippen molar-refractivity contribution in [2.75, 3.05) is 11.9 Å². The molecule has 0 saturated heterocycles. The van der Waals surface area contributed by atoms with Gasteiger partial charge in [-0.2, -0.15) is 0 Å². The van der Waals surface area contributed by atoms with Crippen LogP contribution in [0.25, 0.3) is 0 Å². The topological polar surface area (TPSA) is 62.2 Å². The van der Waals surface area contributed by atoms with Gasteiger partial charge >= 0.3 is 5.97 Å². The van der Waals surface area contributed by atoms with Crippen LogP contribution in [-0.2, 0) is 0 Å². The summed E-state index contributed by atoms with van der Waals surface area (Å²) >= 11 is 5.72. The van der Waals surface area contributed by atoms with Crippen LogP contribution in [0, 0.1) is 5.92 Å². The predicted molar refractivity (Wildman–Crippen MR) is 68.8 cm³/mol. The Hall–Kier alpha value is -1.29. The molecule has 0 fully saturated rings. The summed E-state index contributed by atoms with van der Waals surface area (Å²) in [6, 6.07) is 3.23. The van der Waals surface area contributed by atoms with Crippen molar-refractivity contribution >= 4 is 23.4 Å². The maximum Gasteiger partial charge on any atom is 0.356 e. The number of aromatic nitrogens is 1. The molecular weight excluding hydrogens is 240 g/mol. The number of pyridine rings is 1. The molecule has 0 bridgehead atoms. The fourth-order valence-corrected chi connectivity index (χ4v) is 1.60. The van der Waals surface area contributed by atoms with Crippen LogP contribution in [0.15, 0.2) is 12.1 Å². The maximum absolute atomic E-state index is 10.8. The zero-order valence-corrected chi connectivity index (χ0v) is 10.8. The molecule has 1 heterocycles. The number of carboxylic acid groups (broad SMARTS) is 1. The fourth-order valence-electron chi connectivity index (χ4n) is 1.42. The van der Waals surface area contributed by atoms with Crippen LogP contribution in [0.2, 0.25) is 5.02 Å². The third-order valence-electron chi connectivity index (χ3n) is 2.31. The number of hydrogen-bond donors (Lipinski definition) is 2. The van der Waals surface area contributed by atoms with E-state index in [0.29, 0.717) is 11.7 Å². The first-order chi connectivity index (χ1) is 8.00. The number of nitrogens with zero attached hydrogens (tertiary/aromatic N) is 1. The number of hydrogen-bond acceptors (Lipinski definition) is 3. The van der Waals surface area contributed by atoms with Crippen molar-refractivity contribution in [3.8, 4) is 0 Å². The smallest absolute Gasteiger partial charge is 0.356 e. The molecule has 0 aliphatic heterocycles. The predicted octanol–water partition coefficient (Wildman–Crippen LogP) is 3.28. The number of aromatic carboxylic acids is 1. The highest BCUT2D eigenvalue weighted by Gasteiger charge is 2.10. The molecule has 0 aliphatic rings. The minimum absolute atomic E-state index is 0.111. The molecule has 1 rings (SSSR count). The molecule has 0 aromatic carbocycles. The lowest BCUT2D eigenvalue weighted by molar-refractivity contribution is 0.0691. The molecule has 1 aromatic rings. The lowest BCUT2D eigenvalue weighted by Gasteiger charge is -2.08. The number of halogens is 1. The number of rotatable bonds is 6. The van der Waals surface area contributed by atoms with Gasteiger partial charge < -0.3 is 10.4 Å². The van der Waals surface area contributed by atoms with Gasteiger partial charge in [-0.05, 0) is 30.9 Å². The van der Waals surface area contributed by atoms with Gasteiger partial charge in [0.2, 0.25) is 0 Å². The van der Waals surface area contributed by atoms with Gasteiger partial charge in [-0.15, -0.1) is 0 Å². The quantitative estimate of drug-likeness (QED) is 0.767. The summed E-state index contributed by atoms with van der Waals surface area (Å²) in [5, 5.41) is 12.1. The Morgan fingerprint density at radius 2 is 2.24 bits per heavy atom. The number of carboxylic acids is 1. The van der Waals surface area contributed by atoms with Crippen LogP contribution in [-0.4, -0.2) is 22.6 Å². The molecule has 0 atom stereocenters. The summed E-state index contributed by atoms with van der Waals surface area (Å²) in [6.45, 7) is 5.12. The fraction of sp³-hybridized carbons (Fsp3) is 0.500. The first kappa shape index (κ1) is 13.8. The van der Waals surface area contributed by atoms with E-state index in [0.717, 1.165) is 19.4 Å². The molecule has 0 saturated carbocycles. The van der Waals surface area contributed by atoms with E-state index in [1.165, 1.54) is 0 Å². The number of nitrogens with one attached hydrogen (secondary N) is 1. The summed E-state index contributed by atoms with van der Waals surface area (Å²) in [5.74, 6) is 0.112. The Kier molecular flexibility index (Phi) is 5.22. The van der Waals surface area contributed by atoms with Crippen LogP contribution < -0.4 is 5.32 Å². The van der Waals surface area contributed by atoms with Crippen molar-refractivity contribution in [2.45, 2.75) is 26.7 Å². The van der Waals surface area contributed by atoms with Gasteiger partial charge in [0, 0.05) is 6.54 Å². The van der Waals surface area contributed by atoms with Crippen molar-refractivity contribution in [3.63, 3.8) is 0 Å². The van der Waals surface area contributed by atoms with Gasteiger partial charge in [0.25, 0.3) is 0 Å². The standard InChI is InChI=1S/C12H17ClN2O2/c1-8(2)4-3-7-14-10-6-5-9(13)11(15-10)12(16)17/h5-6,8H,3-4,7H2,1-2H3,(H,14,15)(H,16,17). The van der Waals surface area contributed by atoms with Gasteiger partial charge in [-0.25, -0.2) is 9.78 Å². The van der Waals surface area contributed by atoms with Crippen molar-refractivity contribution in [2.24, 2.45) is 5.92 Å². The SMILES string of the molecule is CC(C)CCCNc1ccc(Cl)c(C(=O)O)n1. The molecule has 1 aromatic heterocycles. The summed E-state index contributed by atoms with van der Waals surface area (Å²) in [4.78, 5) is 14.8. The number of carbonyl (C=O) groups is 1. The molecule has 4 nitrogen and oxygen atoms in total. The van der Waals surface area contributed by atoms with Crippen LogP contribution in [0.4, 0.5) is 5.82 Å². The molecule has 0 radical (unpaired) electrons. The monoisotopic (exact) mass is 256 g/mol. The Morgan fingerprint density at radius 3 is 2.82 bits per heavy atom. The van der Waals surface area contributed by atoms with E-state index >= 15 is 0 Å². The maximum atomic E-state index is 10.8. The van der Waals surface area contributed by atoms with Crippen LogP contribution >= 0.6 is 11.6 Å². The van der Waals surface area contributed by atoms with Gasteiger partial charge in [0.1, 0.15) is 5.82 Å². The Bertz CT molecular complexity index is 394. The second-order valence-corrected chi connectivity index (χ2v) is 4.70. The summed E-state index contributed by atoms with van der Waals surface area (Å²) < 4.78 is 0. The average molecular weight is 257 g/mol. The molecule has 94 valence electrons. The summed E-state index contributed by atoms with van der Waals surface area (Å²) in [7, 11) is 0. The van der Waals surface area contributed by atoms with Crippen molar-refractivity contribution in [1.82, 2.24) is 4.98 Å². The van der Waals surface area contributed by atoms with E-state index in [9.17, 15) is 4.79 Å². The largest absolute Gasteiger partial charge is 0.476 e.